The Morgan fingerprint density at radius 2 is 1.69 bits per heavy atom. The van der Waals surface area contributed by atoms with Crippen molar-refractivity contribution in [1.82, 2.24) is 0 Å². The zero-order chi connectivity index (χ0) is 21.0. The van der Waals surface area contributed by atoms with E-state index in [1.54, 1.807) is 5.57 Å². The highest BCUT2D eigenvalue weighted by Gasteiger charge is 2.56. The van der Waals surface area contributed by atoms with Gasteiger partial charge in [0.15, 0.2) is 0 Å². The summed E-state index contributed by atoms with van der Waals surface area (Å²) in [7, 11) is 0. The zero-order valence-electron chi connectivity index (χ0n) is 19.7. The molecule has 0 bridgehead atoms. The molecular formula is C28H44O. The van der Waals surface area contributed by atoms with Gasteiger partial charge in [-0.2, -0.15) is 0 Å². The number of aliphatic hydroxyl groups excluding tert-OH is 1. The molecule has 0 unspecified atom stereocenters. The Morgan fingerprint density at radius 3 is 2.41 bits per heavy atom. The number of fused-ring (bicyclic) bond motifs is 5. The van der Waals surface area contributed by atoms with Gasteiger partial charge in [-0.1, -0.05) is 77.0 Å². The van der Waals surface area contributed by atoms with Gasteiger partial charge in [0.2, 0.25) is 0 Å². The summed E-state index contributed by atoms with van der Waals surface area (Å²) < 4.78 is 0. The molecule has 3 saturated carbocycles. The highest BCUT2D eigenvalue weighted by Crippen LogP contribution is 2.65. The fourth-order valence-electron chi connectivity index (χ4n) is 7.59. The summed E-state index contributed by atoms with van der Waals surface area (Å²) in [5.41, 5.74) is 4.07. The van der Waals surface area contributed by atoms with Crippen molar-refractivity contribution in [2.45, 2.75) is 92.6 Å². The minimum absolute atomic E-state index is 0.116. The molecule has 3 fully saturated rings. The monoisotopic (exact) mass is 396 g/mol. The van der Waals surface area contributed by atoms with Gasteiger partial charge in [-0.3, -0.25) is 0 Å². The van der Waals surface area contributed by atoms with Gasteiger partial charge in [0.1, 0.15) is 0 Å². The molecule has 0 heterocycles. The molecule has 4 aliphatic rings. The standard InChI is InChI=1S/C28H44O/c1-18(2)19(3)7-8-20(4)24-11-12-25-23-10-9-21-17-22(29)13-15-27(21,5)26(23)14-16-28(24,25)6/h7-10,18-20,22,24-26,29H,11-17H2,1-6H3/b8-7-/t19-,20+,22-,24+,25-,26-,27+,28-/m1/s1. The van der Waals surface area contributed by atoms with Crippen LogP contribution in [0.4, 0.5) is 0 Å². The van der Waals surface area contributed by atoms with Crippen LogP contribution in [-0.4, -0.2) is 11.2 Å². The molecule has 0 aromatic rings. The topological polar surface area (TPSA) is 20.2 Å². The third kappa shape index (κ3) is 3.50. The van der Waals surface area contributed by atoms with E-state index in [2.05, 4.69) is 65.8 Å². The van der Waals surface area contributed by atoms with E-state index in [-0.39, 0.29) is 6.10 Å². The van der Waals surface area contributed by atoms with E-state index in [4.69, 9.17) is 0 Å². The van der Waals surface area contributed by atoms with E-state index in [9.17, 15) is 5.11 Å². The molecule has 0 spiro atoms. The highest BCUT2D eigenvalue weighted by atomic mass is 16.3. The Bertz CT molecular complexity index is 712. The van der Waals surface area contributed by atoms with Gasteiger partial charge >= 0.3 is 0 Å². The van der Waals surface area contributed by atoms with E-state index >= 15 is 0 Å². The Morgan fingerprint density at radius 1 is 0.931 bits per heavy atom. The van der Waals surface area contributed by atoms with E-state index in [0.717, 1.165) is 36.5 Å². The van der Waals surface area contributed by atoms with Crippen molar-refractivity contribution in [1.29, 1.82) is 0 Å². The van der Waals surface area contributed by atoms with Crippen molar-refractivity contribution in [3.05, 3.63) is 35.5 Å². The third-order valence-electron chi connectivity index (χ3n) is 10.0. The number of rotatable bonds is 4. The van der Waals surface area contributed by atoms with Crippen molar-refractivity contribution < 1.29 is 5.11 Å². The number of allylic oxidation sites excluding steroid dienone is 5. The van der Waals surface area contributed by atoms with Gasteiger partial charge in [0.05, 0.1) is 6.10 Å². The van der Waals surface area contributed by atoms with Gasteiger partial charge in [-0.15, -0.1) is 0 Å². The maximum atomic E-state index is 10.2. The summed E-state index contributed by atoms with van der Waals surface area (Å²) in [6.07, 6.45) is 18.4. The predicted molar refractivity (Wildman–Crippen MR) is 123 cm³/mol. The molecule has 1 nitrogen and oxygen atoms in total. The van der Waals surface area contributed by atoms with Crippen molar-refractivity contribution in [3.8, 4) is 0 Å². The summed E-state index contributed by atoms with van der Waals surface area (Å²) in [6, 6.07) is 0. The second kappa shape index (κ2) is 7.70. The average Bonchev–Trinajstić information content (AvgIpc) is 3.03. The second-order valence-corrected chi connectivity index (χ2v) is 11.9. The van der Waals surface area contributed by atoms with Crippen molar-refractivity contribution in [2.75, 3.05) is 0 Å². The first kappa shape index (κ1) is 21.4. The summed E-state index contributed by atoms with van der Waals surface area (Å²) in [4.78, 5) is 0. The number of aliphatic hydroxyl groups is 1. The quantitative estimate of drug-likeness (QED) is 0.493. The maximum Gasteiger partial charge on any atom is 0.0578 e. The predicted octanol–water partition coefficient (Wildman–Crippen LogP) is 7.33. The van der Waals surface area contributed by atoms with Gasteiger partial charge in [-0.25, -0.2) is 0 Å². The van der Waals surface area contributed by atoms with Crippen LogP contribution < -0.4 is 0 Å². The molecule has 1 N–H and O–H groups in total. The first-order valence-electron chi connectivity index (χ1n) is 12.4. The minimum Gasteiger partial charge on any atom is -0.393 e. The molecule has 0 saturated heterocycles. The Kier molecular flexibility index (Phi) is 5.69. The van der Waals surface area contributed by atoms with Crippen LogP contribution in [0.1, 0.15) is 86.5 Å². The van der Waals surface area contributed by atoms with E-state index in [1.807, 2.05) is 0 Å². The lowest BCUT2D eigenvalue weighted by Gasteiger charge is -2.55. The molecule has 4 aliphatic carbocycles. The molecule has 29 heavy (non-hydrogen) atoms. The fourth-order valence-corrected chi connectivity index (χ4v) is 7.59. The summed E-state index contributed by atoms with van der Waals surface area (Å²) in [5, 5.41) is 10.2. The van der Waals surface area contributed by atoms with Crippen molar-refractivity contribution in [3.63, 3.8) is 0 Å². The molecular weight excluding hydrogens is 352 g/mol. The molecule has 0 aliphatic heterocycles. The Labute approximate surface area is 179 Å². The van der Waals surface area contributed by atoms with E-state index < -0.39 is 0 Å². The van der Waals surface area contributed by atoms with Gasteiger partial charge in [0, 0.05) is 0 Å². The van der Waals surface area contributed by atoms with Crippen LogP contribution in [-0.2, 0) is 0 Å². The van der Waals surface area contributed by atoms with Crippen molar-refractivity contribution >= 4 is 0 Å². The Balaban J connectivity index is 1.57. The number of hydrogen-bond acceptors (Lipinski definition) is 1. The maximum absolute atomic E-state index is 10.2. The van der Waals surface area contributed by atoms with E-state index in [1.165, 1.54) is 37.7 Å². The van der Waals surface area contributed by atoms with Crippen LogP contribution >= 0.6 is 0 Å². The highest BCUT2D eigenvalue weighted by molar-refractivity contribution is 5.39. The van der Waals surface area contributed by atoms with Crippen LogP contribution in [0.3, 0.4) is 0 Å². The molecule has 162 valence electrons. The zero-order valence-corrected chi connectivity index (χ0v) is 19.7. The molecule has 0 aromatic heterocycles. The first-order valence-corrected chi connectivity index (χ1v) is 12.4. The van der Waals surface area contributed by atoms with Crippen LogP contribution in [0.2, 0.25) is 0 Å². The van der Waals surface area contributed by atoms with Crippen molar-refractivity contribution in [2.24, 2.45) is 46.3 Å². The molecule has 0 radical (unpaired) electrons. The molecule has 4 rings (SSSR count). The summed E-state index contributed by atoms with van der Waals surface area (Å²) in [6.45, 7) is 14.6. The van der Waals surface area contributed by atoms with E-state index in [0.29, 0.717) is 22.7 Å². The van der Waals surface area contributed by atoms with Crippen LogP contribution in [0, 0.1) is 46.3 Å². The largest absolute Gasteiger partial charge is 0.393 e. The average molecular weight is 397 g/mol. The smallest absolute Gasteiger partial charge is 0.0578 e. The lowest BCUT2D eigenvalue weighted by Crippen LogP contribution is -2.46. The van der Waals surface area contributed by atoms with Crippen LogP contribution in [0.25, 0.3) is 0 Å². The Hall–Kier alpha value is -0.820. The minimum atomic E-state index is -0.116. The van der Waals surface area contributed by atoms with Gasteiger partial charge < -0.3 is 5.11 Å². The summed E-state index contributed by atoms with van der Waals surface area (Å²) >= 11 is 0. The molecule has 8 atom stereocenters. The van der Waals surface area contributed by atoms with Gasteiger partial charge in [-0.05, 0) is 91.3 Å². The SMILES string of the molecule is CC(C)[C@H](C)/C=C\[C@H](C)[C@@H]1CC[C@@H]2C3=CC=C4C[C@H](O)CC[C@]4(C)[C@@H]3CC[C@@]21C. The first-order chi connectivity index (χ1) is 13.7. The van der Waals surface area contributed by atoms with Gasteiger partial charge in [0.25, 0.3) is 0 Å². The summed E-state index contributed by atoms with van der Waals surface area (Å²) in [5.74, 6) is 4.38. The lowest BCUT2D eigenvalue weighted by molar-refractivity contribution is 0.0382. The number of hydrogen-bond donors (Lipinski definition) is 1. The van der Waals surface area contributed by atoms with Crippen LogP contribution in [0.5, 0.6) is 0 Å². The normalized spacial score (nSPS) is 44.0. The fraction of sp³-hybridized carbons (Fsp3) is 0.786. The third-order valence-corrected chi connectivity index (χ3v) is 10.0. The molecule has 1 heteroatoms. The second-order valence-electron chi connectivity index (χ2n) is 11.9. The lowest BCUT2D eigenvalue weighted by atomic mass is 9.50. The van der Waals surface area contributed by atoms with Crippen LogP contribution in [0.15, 0.2) is 35.5 Å². The molecule has 0 aromatic carbocycles. The molecule has 0 amide bonds.